The number of thiophene rings is 1. The predicted molar refractivity (Wildman–Crippen MR) is 93.0 cm³/mol. The van der Waals surface area contributed by atoms with Crippen molar-refractivity contribution in [1.82, 2.24) is 19.9 Å². The van der Waals surface area contributed by atoms with Gasteiger partial charge in [0.05, 0.1) is 6.04 Å². The van der Waals surface area contributed by atoms with Crippen LogP contribution in [0.4, 0.5) is 5.82 Å². The molecule has 3 aromatic rings. The monoisotopic (exact) mass is 331 g/mol. The molecule has 3 aromatic heterocycles. The Morgan fingerprint density at radius 1 is 1.22 bits per heavy atom. The highest BCUT2D eigenvalue weighted by atomic mass is 32.1. The van der Waals surface area contributed by atoms with Crippen LogP contribution in [0.2, 0.25) is 0 Å². The largest absolute Gasteiger partial charge is 0.422 e. The van der Waals surface area contributed by atoms with Gasteiger partial charge in [-0.3, -0.25) is 0 Å². The number of hydrogen-bond donors (Lipinski definition) is 1. The van der Waals surface area contributed by atoms with Crippen molar-refractivity contribution in [3.05, 3.63) is 33.6 Å². The van der Waals surface area contributed by atoms with Crippen LogP contribution < -0.4 is 5.32 Å². The van der Waals surface area contributed by atoms with Gasteiger partial charge in [-0.15, -0.1) is 11.3 Å². The number of rotatable bonds is 5. The number of nitrogens with one attached hydrogen (secondary N) is 1. The molecule has 1 atom stereocenters. The van der Waals surface area contributed by atoms with Gasteiger partial charge in [0.25, 0.3) is 5.71 Å². The molecule has 0 amide bonds. The molecule has 0 aliphatic heterocycles. The second kappa shape index (κ2) is 6.25. The number of nitrogens with zero attached hydrogens (tertiary/aromatic N) is 4. The molecule has 23 heavy (non-hydrogen) atoms. The fourth-order valence-corrected chi connectivity index (χ4v) is 3.71. The van der Waals surface area contributed by atoms with Crippen LogP contribution in [-0.4, -0.2) is 40.5 Å². The van der Waals surface area contributed by atoms with Crippen molar-refractivity contribution in [3.8, 4) is 0 Å². The van der Waals surface area contributed by atoms with Gasteiger partial charge in [0.2, 0.25) is 0 Å². The summed E-state index contributed by atoms with van der Waals surface area (Å²) in [5, 5.41) is 5.56. The van der Waals surface area contributed by atoms with Gasteiger partial charge in [-0.1, -0.05) is 0 Å². The Morgan fingerprint density at radius 2 is 2.00 bits per heavy atom. The molecule has 0 aliphatic rings. The molecule has 1 N–H and O–H groups in total. The van der Waals surface area contributed by atoms with E-state index in [0.717, 1.165) is 12.4 Å². The standard InChI is InChI=1S/C16H21N5OS/c1-9-6-7-23-14(9)12(21(4)5)8-17-15-13-16(19-10(2)18-15)22-11(3)20-13/h6-7,12H,8H2,1-5H3,(H,17,18,19). The quantitative estimate of drug-likeness (QED) is 0.773. The number of hydrogen-bond acceptors (Lipinski definition) is 7. The number of likely N-dealkylation sites (N-methyl/N-ethyl adjacent to an activating group) is 1. The van der Waals surface area contributed by atoms with Crippen molar-refractivity contribution in [1.29, 1.82) is 0 Å². The summed E-state index contributed by atoms with van der Waals surface area (Å²) in [6, 6.07) is 2.43. The van der Waals surface area contributed by atoms with Gasteiger partial charge in [0, 0.05) is 18.3 Å². The molecule has 0 spiro atoms. The summed E-state index contributed by atoms with van der Waals surface area (Å²) < 4.78 is 5.52. The predicted octanol–water partition coefficient (Wildman–Crippen LogP) is 3.32. The van der Waals surface area contributed by atoms with Crippen molar-refractivity contribution in [3.63, 3.8) is 0 Å². The number of oxazole rings is 1. The fourth-order valence-electron chi connectivity index (χ4n) is 2.59. The number of anilines is 1. The van der Waals surface area contributed by atoms with Crippen LogP contribution in [0.25, 0.3) is 11.2 Å². The highest BCUT2D eigenvalue weighted by Gasteiger charge is 2.19. The second-order valence-corrected chi connectivity index (χ2v) is 6.78. The smallest absolute Gasteiger partial charge is 0.252 e. The van der Waals surface area contributed by atoms with E-state index in [2.05, 4.69) is 57.6 Å². The summed E-state index contributed by atoms with van der Waals surface area (Å²) >= 11 is 1.78. The molecule has 3 rings (SSSR count). The third-order valence-electron chi connectivity index (χ3n) is 3.77. The van der Waals surface area contributed by atoms with Crippen molar-refractivity contribution in [2.24, 2.45) is 0 Å². The van der Waals surface area contributed by atoms with Gasteiger partial charge < -0.3 is 14.6 Å². The first-order valence-corrected chi connectivity index (χ1v) is 8.39. The molecule has 0 saturated carbocycles. The SMILES string of the molecule is Cc1nc(NCC(c2sccc2C)N(C)C)c2nc(C)oc2n1. The average Bonchev–Trinajstić information content (AvgIpc) is 3.04. The molecule has 1 unspecified atom stereocenters. The van der Waals surface area contributed by atoms with Crippen molar-refractivity contribution < 1.29 is 4.42 Å². The maximum absolute atomic E-state index is 5.52. The van der Waals surface area contributed by atoms with Crippen LogP contribution in [0, 0.1) is 20.8 Å². The van der Waals surface area contributed by atoms with E-state index in [1.807, 2.05) is 13.8 Å². The number of aromatic nitrogens is 3. The van der Waals surface area contributed by atoms with Crippen molar-refractivity contribution in [2.75, 3.05) is 26.0 Å². The molecule has 0 saturated heterocycles. The van der Waals surface area contributed by atoms with E-state index < -0.39 is 0 Å². The third kappa shape index (κ3) is 3.20. The van der Waals surface area contributed by atoms with Gasteiger partial charge in [0.15, 0.2) is 17.2 Å². The topological polar surface area (TPSA) is 67.1 Å². The molecule has 6 nitrogen and oxygen atoms in total. The molecule has 0 radical (unpaired) electrons. The summed E-state index contributed by atoms with van der Waals surface area (Å²) in [7, 11) is 4.18. The second-order valence-electron chi connectivity index (χ2n) is 5.83. The maximum Gasteiger partial charge on any atom is 0.252 e. The van der Waals surface area contributed by atoms with Crippen LogP contribution in [0.15, 0.2) is 15.9 Å². The highest BCUT2D eigenvalue weighted by molar-refractivity contribution is 7.10. The fraction of sp³-hybridized carbons (Fsp3) is 0.438. The van der Waals surface area contributed by atoms with E-state index in [9.17, 15) is 0 Å². The molecule has 122 valence electrons. The Bertz CT molecular complexity index is 823. The number of aryl methyl sites for hydroxylation is 3. The van der Waals surface area contributed by atoms with Gasteiger partial charge in [-0.2, -0.15) is 4.98 Å². The Morgan fingerprint density at radius 3 is 2.65 bits per heavy atom. The zero-order valence-corrected chi connectivity index (χ0v) is 14.9. The molecule has 0 bridgehead atoms. The van der Waals surface area contributed by atoms with Crippen LogP contribution in [0.1, 0.15) is 28.2 Å². The van der Waals surface area contributed by atoms with Gasteiger partial charge in [-0.25, -0.2) is 9.97 Å². The van der Waals surface area contributed by atoms with Crippen molar-refractivity contribution in [2.45, 2.75) is 26.8 Å². The lowest BCUT2D eigenvalue weighted by Crippen LogP contribution is -2.27. The Kier molecular flexibility index (Phi) is 4.32. The first-order chi connectivity index (χ1) is 11.0. The highest BCUT2D eigenvalue weighted by Crippen LogP contribution is 2.28. The lowest BCUT2D eigenvalue weighted by molar-refractivity contribution is 0.315. The van der Waals surface area contributed by atoms with Crippen LogP contribution >= 0.6 is 11.3 Å². The van der Waals surface area contributed by atoms with E-state index in [0.29, 0.717) is 22.9 Å². The van der Waals surface area contributed by atoms with Crippen molar-refractivity contribution >= 4 is 28.4 Å². The van der Waals surface area contributed by atoms with E-state index in [1.165, 1.54) is 10.4 Å². The first kappa shape index (κ1) is 15.9. The first-order valence-electron chi connectivity index (χ1n) is 7.51. The normalized spacial score (nSPS) is 13.0. The maximum atomic E-state index is 5.52. The molecule has 3 heterocycles. The van der Waals surface area contributed by atoms with Gasteiger partial charge in [0.1, 0.15) is 5.82 Å². The summed E-state index contributed by atoms with van der Waals surface area (Å²) in [6.45, 7) is 6.57. The van der Waals surface area contributed by atoms with E-state index in [-0.39, 0.29) is 6.04 Å². The third-order valence-corrected chi connectivity index (χ3v) is 4.89. The summed E-state index contributed by atoms with van der Waals surface area (Å²) in [5.74, 6) is 2.00. The summed E-state index contributed by atoms with van der Waals surface area (Å²) in [4.78, 5) is 16.8. The summed E-state index contributed by atoms with van der Waals surface area (Å²) in [6.07, 6.45) is 0. The van der Waals surface area contributed by atoms with Crippen LogP contribution in [0.5, 0.6) is 0 Å². The zero-order chi connectivity index (χ0) is 16.6. The zero-order valence-electron chi connectivity index (χ0n) is 14.0. The average molecular weight is 331 g/mol. The Hall–Kier alpha value is -1.99. The van der Waals surface area contributed by atoms with Crippen LogP contribution in [0.3, 0.4) is 0 Å². The Balaban J connectivity index is 1.88. The Labute approximate surface area is 139 Å². The van der Waals surface area contributed by atoms with E-state index in [4.69, 9.17) is 4.42 Å². The summed E-state index contributed by atoms with van der Waals surface area (Å²) in [5.41, 5.74) is 2.54. The molecular weight excluding hydrogens is 310 g/mol. The minimum absolute atomic E-state index is 0.272. The van der Waals surface area contributed by atoms with Gasteiger partial charge in [-0.05, 0) is 45.0 Å². The molecule has 0 aliphatic carbocycles. The van der Waals surface area contributed by atoms with E-state index >= 15 is 0 Å². The minimum atomic E-state index is 0.272. The van der Waals surface area contributed by atoms with E-state index in [1.54, 1.807) is 11.3 Å². The lowest BCUT2D eigenvalue weighted by Gasteiger charge is -2.24. The number of fused-ring (bicyclic) bond motifs is 1. The van der Waals surface area contributed by atoms with Gasteiger partial charge >= 0.3 is 0 Å². The minimum Gasteiger partial charge on any atom is -0.422 e. The molecule has 0 aromatic carbocycles. The van der Waals surface area contributed by atoms with Crippen LogP contribution in [-0.2, 0) is 0 Å². The molecule has 7 heteroatoms. The lowest BCUT2D eigenvalue weighted by atomic mass is 10.1. The molecular formula is C16H21N5OS. The molecule has 0 fully saturated rings.